The Morgan fingerprint density at radius 3 is 2.57 bits per heavy atom. The maximum Gasteiger partial charge on any atom is 0.140 e. The van der Waals surface area contributed by atoms with Crippen molar-refractivity contribution in [2.24, 2.45) is 0 Å². The Hall–Kier alpha value is -1.68. The number of rotatable bonds is 1. The Kier molecular flexibility index (Phi) is 2.28. The van der Waals surface area contributed by atoms with Crippen molar-refractivity contribution in [2.45, 2.75) is 0 Å². The highest BCUT2D eigenvalue weighted by Gasteiger charge is 1.98. The number of nitrogen functional groups attached to an aromatic ring is 1. The van der Waals surface area contributed by atoms with Crippen LogP contribution in [0.25, 0.3) is 11.4 Å². The second-order valence-corrected chi connectivity index (χ2v) is 3.32. The van der Waals surface area contributed by atoms with E-state index in [2.05, 4.69) is 9.97 Å². The van der Waals surface area contributed by atoms with Gasteiger partial charge in [-0.2, -0.15) is 0 Å². The van der Waals surface area contributed by atoms with Crippen molar-refractivity contribution >= 4 is 18.0 Å². The Labute approximate surface area is 86.6 Å². The Morgan fingerprint density at radius 1 is 1.21 bits per heavy atom. The summed E-state index contributed by atoms with van der Waals surface area (Å²) in [7, 11) is 0. The molecule has 3 nitrogen and oxygen atoms in total. The molecule has 0 aliphatic rings. The smallest absolute Gasteiger partial charge is 0.140 e. The molecule has 2 aromatic rings. The lowest BCUT2D eigenvalue weighted by Crippen LogP contribution is -1.95. The van der Waals surface area contributed by atoms with Gasteiger partial charge in [0.15, 0.2) is 0 Å². The van der Waals surface area contributed by atoms with Gasteiger partial charge in [-0.3, -0.25) is 0 Å². The zero-order valence-electron chi connectivity index (χ0n) is 7.40. The van der Waals surface area contributed by atoms with Crippen LogP contribution < -0.4 is 5.73 Å². The molecular weight excluding hydrogens is 194 g/mol. The average Bonchev–Trinajstić information content (AvgIpc) is 2.18. The lowest BCUT2D eigenvalue weighted by Gasteiger charge is -2.01. The Morgan fingerprint density at radius 2 is 1.93 bits per heavy atom. The summed E-state index contributed by atoms with van der Waals surface area (Å²) in [6.45, 7) is 0. The van der Waals surface area contributed by atoms with Gasteiger partial charge in [0.05, 0.1) is 0 Å². The van der Waals surface area contributed by atoms with Crippen LogP contribution in [0.5, 0.6) is 0 Å². The van der Waals surface area contributed by atoms with Crippen molar-refractivity contribution in [3.63, 3.8) is 0 Å². The van der Waals surface area contributed by atoms with Gasteiger partial charge in [0.25, 0.3) is 0 Å². The molecule has 0 bridgehead atoms. The molecule has 0 fully saturated rings. The summed E-state index contributed by atoms with van der Waals surface area (Å²) in [5, 5.41) is 0. The molecule has 1 aromatic carbocycles. The molecule has 0 unspecified atom stereocenters. The number of aromatic nitrogens is 2. The van der Waals surface area contributed by atoms with E-state index in [1.807, 2.05) is 30.3 Å². The summed E-state index contributed by atoms with van der Waals surface area (Å²) in [6.07, 6.45) is 0. The minimum Gasteiger partial charge on any atom is -0.384 e. The van der Waals surface area contributed by atoms with Gasteiger partial charge in [-0.1, -0.05) is 42.5 Å². The summed E-state index contributed by atoms with van der Waals surface area (Å²) in [5.41, 5.74) is 6.58. The van der Waals surface area contributed by atoms with E-state index in [0.717, 1.165) is 5.56 Å². The number of nitrogens with two attached hydrogens (primary N) is 1. The van der Waals surface area contributed by atoms with Gasteiger partial charge in [0.1, 0.15) is 16.3 Å². The van der Waals surface area contributed by atoms with Gasteiger partial charge in [-0.05, 0) is 0 Å². The van der Waals surface area contributed by atoms with E-state index in [4.69, 9.17) is 18.0 Å². The lowest BCUT2D eigenvalue weighted by atomic mass is 10.2. The van der Waals surface area contributed by atoms with E-state index >= 15 is 0 Å². The predicted molar refractivity (Wildman–Crippen MR) is 59.3 cm³/mol. The third-order valence-corrected chi connectivity index (χ3v) is 2.03. The third kappa shape index (κ3) is 1.80. The van der Waals surface area contributed by atoms with Gasteiger partial charge in [0.2, 0.25) is 0 Å². The SMILES string of the molecule is Nc1cc(=S)[nH]c(-c2ccccc2)n1. The van der Waals surface area contributed by atoms with Crippen molar-refractivity contribution in [3.8, 4) is 11.4 Å². The number of H-pyrrole nitrogens is 1. The van der Waals surface area contributed by atoms with Crippen molar-refractivity contribution in [1.29, 1.82) is 0 Å². The largest absolute Gasteiger partial charge is 0.384 e. The third-order valence-electron chi connectivity index (χ3n) is 1.81. The normalized spacial score (nSPS) is 10.0. The van der Waals surface area contributed by atoms with E-state index in [-0.39, 0.29) is 0 Å². The van der Waals surface area contributed by atoms with Crippen LogP contribution in [-0.4, -0.2) is 9.97 Å². The minimum absolute atomic E-state index is 0.438. The molecule has 0 radical (unpaired) electrons. The fraction of sp³-hybridized carbons (Fsp3) is 0. The number of hydrogen-bond donors (Lipinski definition) is 2. The van der Waals surface area contributed by atoms with Gasteiger partial charge in [-0.15, -0.1) is 0 Å². The molecule has 4 heteroatoms. The predicted octanol–water partition coefficient (Wildman–Crippen LogP) is 2.39. The maximum atomic E-state index is 5.60. The Bertz CT molecular complexity index is 490. The number of aromatic amines is 1. The lowest BCUT2D eigenvalue weighted by molar-refractivity contribution is 1.17. The first-order valence-corrected chi connectivity index (χ1v) is 4.59. The van der Waals surface area contributed by atoms with Crippen molar-refractivity contribution < 1.29 is 0 Å². The van der Waals surface area contributed by atoms with Crippen molar-refractivity contribution in [3.05, 3.63) is 41.0 Å². The van der Waals surface area contributed by atoms with E-state index in [1.165, 1.54) is 0 Å². The number of benzene rings is 1. The summed E-state index contributed by atoms with van der Waals surface area (Å²) < 4.78 is 0.594. The fourth-order valence-corrected chi connectivity index (χ4v) is 1.43. The van der Waals surface area contributed by atoms with Gasteiger partial charge >= 0.3 is 0 Å². The second kappa shape index (κ2) is 3.59. The van der Waals surface area contributed by atoms with E-state index in [9.17, 15) is 0 Å². The fourth-order valence-electron chi connectivity index (χ4n) is 1.21. The van der Waals surface area contributed by atoms with Crippen molar-refractivity contribution in [2.75, 3.05) is 5.73 Å². The van der Waals surface area contributed by atoms with Crippen LogP contribution in [0.2, 0.25) is 0 Å². The first kappa shape index (κ1) is 8.90. The van der Waals surface area contributed by atoms with Crippen LogP contribution in [0.3, 0.4) is 0 Å². The van der Waals surface area contributed by atoms with Crippen molar-refractivity contribution in [1.82, 2.24) is 9.97 Å². The molecule has 14 heavy (non-hydrogen) atoms. The molecule has 3 N–H and O–H groups in total. The van der Waals surface area contributed by atoms with Gasteiger partial charge in [0, 0.05) is 11.6 Å². The van der Waals surface area contributed by atoms with Crippen LogP contribution in [0.1, 0.15) is 0 Å². The van der Waals surface area contributed by atoms with Crippen LogP contribution in [0, 0.1) is 4.64 Å². The van der Waals surface area contributed by atoms with Crippen LogP contribution >= 0.6 is 12.2 Å². The van der Waals surface area contributed by atoms with Gasteiger partial charge in [-0.25, -0.2) is 4.98 Å². The molecule has 0 amide bonds. The highest BCUT2D eigenvalue weighted by molar-refractivity contribution is 7.71. The molecule has 70 valence electrons. The van der Waals surface area contributed by atoms with Crippen LogP contribution in [-0.2, 0) is 0 Å². The molecule has 2 rings (SSSR count). The quantitative estimate of drug-likeness (QED) is 0.700. The van der Waals surface area contributed by atoms with E-state index < -0.39 is 0 Å². The molecule has 0 saturated heterocycles. The summed E-state index contributed by atoms with van der Waals surface area (Å²) in [4.78, 5) is 7.15. The molecular formula is C10H9N3S. The highest BCUT2D eigenvalue weighted by Crippen LogP contribution is 2.14. The number of hydrogen-bond acceptors (Lipinski definition) is 3. The zero-order valence-corrected chi connectivity index (χ0v) is 8.21. The molecule has 1 aromatic heterocycles. The molecule has 0 saturated carbocycles. The average molecular weight is 203 g/mol. The summed E-state index contributed by atoms with van der Waals surface area (Å²) >= 11 is 5.01. The van der Waals surface area contributed by atoms with E-state index in [0.29, 0.717) is 16.3 Å². The highest BCUT2D eigenvalue weighted by atomic mass is 32.1. The van der Waals surface area contributed by atoms with Crippen LogP contribution in [0.4, 0.5) is 5.82 Å². The minimum atomic E-state index is 0.438. The number of nitrogens with zero attached hydrogens (tertiary/aromatic N) is 1. The first-order valence-electron chi connectivity index (χ1n) is 4.18. The maximum absolute atomic E-state index is 5.60. The molecule has 0 spiro atoms. The van der Waals surface area contributed by atoms with E-state index in [1.54, 1.807) is 6.07 Å². The zero-order chi connectivity index (χ0) is 9.97. The molecule has 0 atom stereocenters. The molecule has 1 heterocycles. The number of anilines is 1. The summed E-state index contributed by atoms with van der Waals surface area (Å²) in [6, 6.07) is 11.4. The van der Waals surface area contributed by atoms with Crippen LogP contribution in [0.15, 0.2) is 36.4 Å². The standard InChI is InChI=1S/C10H9N3S/c11-8-6-9(14)13-10(12-8)7-4-2-1-3-5-7/h1-6H,(H3,11,12,13,14). The Balaban J connectivity index is 2.58. The molecule has 0 aliphatic carbocycles. The van der Waals surface area contributed by atoms with Gasteiger partial charge < -0.3 is 10.7 Å². The monoisotopic (exact) mass is 203 g/mol. The first-order chi connectivity index (χ1) is 6.75. The molecule has 0 aliphatic heterocycles. The summed E-state index contributed by atoms with van der Waals surface area (Å²) in [5.74, 6) is 1.14. The topological polar surface area (TPSA) is 54.7 Å². The number of nitrogens with one attached hydrogen (secondary N) is 1. The second-order valence-electron chi connectivity index (χ2n) is 2.88.